The van der Waals surface area contributed by atoms with Crippen LogP contribution in [0, 0.1) is 5.92 Å². The second kappa shape index (κ2) is 8.50. The molecular formula is C16H24N2O5. The molecule has 0 saturated heterocycles. The van der Waals surface area contributed by atoms with Crippen molar-refractivity contribution in [1.29, 1.82) is 0 Å². The summed E-state index contributed by atoms with van der Waals surface area (Å²) in [5.41, 5.74) is 6.48. The SMILES string of the molecule is CC(C)C[C@H](NC(=O)C(O)C(N)Cc1cccc(O)c1)C(=O)O. The number of phenols is 1. The fraction of sp³-hybridized carbons (Fsp3) is 0.500. The van der Waals surface area contributed by atoms with Crippen LogP contribution in [0.5, 0.6) is 5.75 Å². The third-order valence-corrected chi connectivity index (χ3v) is 3.38. The highest BCUT2D eigenvalue weighted by Gasteiger charge is 2.28. The molecule has 1 aromatic rings. The van der Waals surface area contributed by atoms with E-state index in [0.717, 1.165) is 0 Å². The third kappa shape index (κ3) is 6.25. The van der Waals surface area contributed by atoms with Gasteiger partial charge in [0.2, 0.25) is 0 Å². The lowest BCUT2D eigenvalue weighted by molar-refractivity contribution is -0.144. The summed E-state index contributed by atoms with van der Waals surface area (Å²) >= 11 is 0. The number of carbonyl (C=O) groups is 2. The number of phenolic OH excluding ortho intramolecular Hbond substituents is 1. The molecule has 3 atom stereocenters. The maximum Gasteiger partial charge on any atom is 0.326 e. The third-order valence-electron chi connectivity index (χ3n) is 3.38. The Morgan fingerprint density at radius 2 is 1.96 bits per heavy atom. The Morgan fingerprint density at radius 1 is 1.30 bits per heavy atom. The lowest BCUT2D eigenvalue weighted by Gasteiger charge is -2.22. The van der Waals surface area contributed by atoms with E-state index in [-0.39, 0.29) is 24.5 Å². The van der Waals surface area contributed by atoms with Gasteiger partial charge in [0.1, 0.15) is 17.9 Å². The fourth-order valence-corrected chi connectivity index (χ4v) is 2.21. The smallest absolute Gasteiger partial charge is 0.326 e. The number of aromatic hydroxyl groups is 1. The summed E-state index contributed by atoms with van der Waals surface area (Å²) in [6.07, 6.45) is -1.10. The molecule has 7 nitrogen and oxygen atoms in total. The second-order valence-electron chi connectivity index (χ2n) is 6.01. The summed E-state index contributed by atoms with van der Waals surface area (Å²) in [6.45, 7) is 3.68. The summed E-state index contributed by atoms with van der Waals surface area (Å²) in [5.74, 6) is -1.82. The number of aliphatic hydroxyl groups is 1. The summed E-state index contributed by atoms with van der Waals surface area (Å²) in [4.78, 5) is 23.1. The van der Waals surface area contributed by atoms with Gasteiger partial charge in [0.15, 0.2) is 0 Å². The van der Waals surface area contributed by atoms with Gasteiger partial charge < -0.3 is 26.4 Å². The Labute approximate surface area is 135 Å². The molecule has 128 valence electrons. The van der Waals surface area contributed by atoms with Crippen molar-refractivity contribution in [1.82, 2.24) is 5.32 Å². The maximum atomic E-state index is 12.0. The average molecular weight is 324 g/mol. The zero-order valence-corrected chi connectivity index (χ0v) is 13.3. The molecule has 0 aliphatic carbocycles. The van der Waals surface area contributed by atoms with Crippen molar-refractivity contribution in [3.63, 3.8) is 0 Å². The highest BCUT2D eigenvalue weighted by Crippen LogP contribution is 2.13. The Kier molecular flexibility index (Phi) is 6.99. The van der Waals surface area contributed by atoms with Crippen molar-refractivity contribution in [2.24, 2.45) is 11.7 Å². The summed E-state index contributed by atoms with van der Waals surface area (Å²) < 4.78 is 0. The minimum absolute atomic E-state index is 0.0662. The predicted octanol–water partition coefficient (Wildman–Crippen LogP) is 0.238. The number of aliphatic carboxylic acids is 1. The first-order valence-electron chi connectivity index (χ1n) is 7.45. The first-order valence-corrected chi connectivity index (χ1v) is 7.45. The van der Waals surface area contributed by atoms with Crippen LogP contribution >= 0.6 is 0 Å². The number of hydrogen-bond acceptors (Lipinski definition) is 5. The van der Waals surface area contributed by atoms with Crippen LogP contribution in [0.15, 0.2) is 24.3 Å². The van der Waals surface area contributed by atoms with Gasteiger partial charge in [0.05, 0.1) is 0 Å². The molecule has 2 unspecified atom stereocenters. The van der Waals surface area contributed by atoms with Crippen molar-refractivity contribution in [3.8, 4) is 5.75 Å². The van der Waals surface area contributed by atoms with Crippen molar-refractivity contribution in [3.05, 3.63) is 29.8 Å². The first-order chi connectivity index (χ1) is 10.7. The summed E-state index contributed by atoms with van der Waals surface area (Å²) in [5, 5.41) is 30.8. The standard InChI is InChI=1S/C16H24N2O5/c1-9(2)6-13(16(22)23)18-15(21)14(20)12(17)8-10-4-3-5-11(19)7-10/h3-5,7,9,12-14,19-20H,6,8,17H2,1-2H3,(H,18,21)(H,22,23)/t12?,13-,14?/m0/s1. The van der Waals surface area contributed by atoms with E-state index < -0.39 is 30.1 Å². The Morgan fingerprint density at radius 3 is 2.48 bits per heavy atom. The summed E-state index contributed by atoms with van der Waals surface area (Å²) in [6, 6.07) is 4.36. The van der Waals surface area contributed by atoms with Gasteiger partial charge in [-0.15, -0.1) is 0 Å². The molecule has 0 saturated carbocycles. The molecule has 0 aromatic heterocycles. The van der Waals surface area contributed by atoms with E-state index in [1.54, 1.807) is 12.1 Å². The molecule has 0 fully saturated rings. The van der Waals surface area contributed by atoms with Gasteiger partial charge in [-0.3, -0.25) is 4.79 Å². The Balaban J connectivity index is 2.65. The van der Waals surface area contributed by atoms with Crippen LogP contribution in [-0.4, -0.2) is 45.4 Å². The molecule has 1 amide bonds. The second-order valence-corrected chi connectivity index (χ2v) is 6.01. The number of benzene rings is 1. The van der Waals surface area contributed by atoms with Crippen LogP contribution in [-0.2, 0) is 16.0 Å². The van der Waals surface area contributed by atoms with Crippen LogP contribution in [0.4, 0.5) is 0 Å². The van der Waals surface area contributed by atoms with Gasteiger partial charge in [0, 0.05) is 6.04 Å². The van der Waals surface area contributed by atoms with Gasteiger partial charge >= 0.3 is 5.97 Å². The predicted molar refractivity (Wildman–Crippen MR) is 84.8 cm³/mol. The average Bonchev–Trinajstić information content (AvgIpc) is 2.44. The Hall–Kier alpha value is -2.12. The number of carbonyl (C=O) groups excluding carboxylic acids is 1. The number of aliphatic hydroxyl groups excluding tert-OH is 1. The lowest BCUT2D eigenvalue weighted by Crippen LogP contribution is -2.52. The van der Waals surface area contributed by atoms with Crippen molar-refractivity contribution < 1.29 is 24.9 Å². The molecule has 1 rings (SSSR count). The molecule has 7 heteroatoms. The van der Waals surface area contributed by atoms with Gasteiger partial charge in [0.25, 0.3) is 5.91 Å². The molecule has 1 aromatic carbocycles. The molecule has 0 radical (unpaired) electrons. The quantitative estimate of drug-likeness (QED) is 0.465. The fourth-order valence-electron chi connectivity index (χ4n) is 2.21. The van der Waals surface area contributed by atoms with Crippen LogP contribution in [0.2, 0.25) is 0 Å². The van der Waals surface area contributed by atoms with E-state index >= 15 is 0 Å². The highest BCUT2D eigenvalue weighted by molar-refractivity contribution is 5.86. The minimum Gasteiger partial charge on any atom is -0.508 e. The maximum absolute atomic E-state index is 12.0. The molecule has 6 N–H and O–H groups in total. The number of rotatable bonds is 8. The zero-order valence-electron chi connectivity index (χ0n) is 13.3. The van der Waals surface area contributed by atoms with Gasteiger partial charge in [-0.05, 0) is 36.5 Å². The van der Waals surface area contributed by atoms with Crippen LogP contribution < -0.4 is 11.1 Å². The van der Waals surface area contributed by atoms with Crippen molar-refractivity contribution >= 4 is 11.9 Å². The monoisotopic (exact) mass is 324 g/mol. The van der Waals surface area contributed by atoms with Crippen molar-refractivity contribution in [2.75, 3.05) is 0 Å². The van der Waals surface area contributed by atoms with Gasteiger partial charge in [-0.1, -0.05) is 26.0 Å². The van der Waals surface area contributed by atoms with E-state index in [2.05, 4.69) is 5.32 Å². The molecule has 0 spiro atoms. The van der Waals surface area contributed by atoms with Crippen molar-refractivity contribution in [2.45, 2.75) is 44.9 Å². The molecule has 0 bridgehead atoms. The number of nitrogens with two attached hydrogens (primary N) is 1. The van der Waals surface area contributed by atoms with E-state index in [9.17, 15) is 19.8 Å². The summed E-state index contributed by atoms with van der Waals surface area (Å²) in [7, 11) is 0. The number of nitrogens with one attached hydrogen (secondary N) is 1. The Bertz CT molecular complexity index is 547. The molecule has 23 heavy (non-hydrogen) atoms. The minimum atomic E-state index is -1.54. The van der Waals surface area contributed by atoms with Crippen LogP contribution in [0.1, 0.15) is 25.8 Å². The largest absolute Gasteiger partial charge is 0.508 e. The molecule has 0 aliphatic heterocycles. The van der Waals surface area contributed by atoms with E-state index in [1.807, 2.05) is 13.8 Å². The van der Waals surface area contributed by atoms with Gasteiger partial charge in [-0.25, -0.2) is 4.79 Å². The van der Waals surface area contributed by atoms with E-state index in [0.29, 0.717) is 5.56 Å². The first kappa shape index (κ1) is 18.9. The highest BCUT2D eigenvalue weighted by atomic mass is 16.4. The number of hydrogen-bond donors (Lipinski definition) is 5. The van der Waals surface area contributed by atoms with Gasteiger partial charge in [-0.2, -0.15) is 0 Å². The lowest BCUT2D eigenvalue weighted by atomic mass is 10.00. The number of carboxylic acid groups (broad SMARTS) is 1. The van der Waals surface area contributed by atoms with Crippen LogP contribution in [0.25, 0.3) is 0 Å². The van der Waals surface area contributed by atoms with E-state index in [4.69, 9.17) is 10.8 Å². The van der Waals surface area contributed by atoms with E-state index in [1.165, 1.54) is 12.1 Å². The van der Waals surface area contributed by atoms with Crippen LogP contribution in [0.3, 0.4) is 0 Å². The molecule has 0 heterocycles. The molecule has 0 aliphatic rings. The topological polar surface area (TPSA) is 133 Å². The number of amides is 1. The normalized spacial score (nSPS) is 15.0. The zero-order chi connectivity index (χ0) is 17.6. The number of carboxylic acids is 1. The molecular weight excluding hydrogens is 300 g/mol.